The molecule has 0 spiro atoms. The van der Waals surface area contributed by atoms with Crippen molar-refractivity contribution in [3.63, 3.8) is 0 Å². The van der Waals surface area contributed by atoms with Gasteiger partial charge in [-0.1, -0.05) is 43.6 Å². The quantitative estimate of drug-likeness (QED) is 0.353. The molecule has 9 heteroatoms. The van der Waals surface area contributed by atoms with E-state index in [0.29, 0.717) is 40.8 Å². The second-order valence-corrected chi connectivity index (χ2v) is 8.59. The standard InChI is InChI=1S/C25H23ClFN3O3S/c1-15(2)14-33-22-9-4-3-8-19(22)24(32)30-25(34)29-17-7-5-6-16(12-17)23(31)28-18-10-11-21(27)20(26)13-18/h3-13,15H,14H2,1-2H3,(H,28,31)(H2,29,30,32,34). The minimum Gasteiger partial charge on any atom is -0.492 e. The molecule has 0 aliphatic rings. The molecule has 0 aromatic heterocycles. The normalized spacial score (nSPS) is 10.5. The minimum absolute atomic E-state index is 0.0616. The highest BCUT2D eigenvalue weighted by Gasteiger charge is 2.15. The average molecular weight is 500 g/mol. The molecule has 0 saturated carbocycles. The van der Waals surface area contributed by atoms with E-state index >= 15 is 0 Å². The number of nitrogens with one attached hydrogen (secondary N) is 3. The van der Waals surface area contributed by atoms with Crippen LogP contribution in [-0.4, -0.2) is 23.5 Å². The second kappa shape index (κ2) is 11.6. The Morgan fingerprint density at radius 3 is 2.44 bits per heavy atom. The molecular weight excluding hydrogens is 477 g/mol. The van der Waals surface area contributed by atoms with Crippen LogP contribution in [0.25, 0.3) is 0 Å². The zero-order chi connectivity index (χ0) is 24.7. The summed E-state index contributed by atoms with van der Waals surface area (Å²) in [5.41, 5.74) is 1.54. The molecule has 0 bridgehead atoms. The third kappa shape index (κ3) is 7.00. The van der Waals surface area contributed by atoms with E-state index in [4.69, 9.17) is 28.6 Å². The third-order valence-electron chi connectivity index (χ3n) is 4.49. The van der Waals surface area contributed by atoms with Crippen molar-refractivity contribution in [2.24, 2.45) is 5.92 Å². The number of carbonyl (C=O) groups excluding carboxylic acids is 2. The summed E-state index contributed by atoms with van der Waals surface area (Å²) in [4.78, 5) is 25.3. The maximum atomic E-state index is 13.3. The van der Waals surface area contributed by atoms with Gasteiger partial charge in [0.05, 0.1) is 17.2 Å². The first-order chi connectivity index (χ1) is 16.2. The Bertz CT molecular complexity index is 1220. The Kier molecular flexibility index (Phi) is 8.56. The van der Waals surface area contributed by atoms with Gasteiger partial charge in [0.2, 0.25) is 0 Å². The van der Waals surface area contributed by atoms with Crippen LogP contribution in [0.1, 0.15) is 34.6 Å². The predicted octanol–water partition coefficient (Wildman–Crippen LogP) is 5.89. The van der Waals surface area contributed by atoms with Crippen molar-refractivity contribution < 1.29 is 18.7 Å². The molecule has 3 rings (SSSR count). The Hall–Kier alpha value is -3.49. The lowest BCUT2D eigenvalue weighted by molar-refractivity contribution is 0.0971. The Balaban J connectivity index is 1.63. The van der Waals surface area contributed by atoms with E-state index in [-0.39, 0.29) is 10.1 Å². The molecule has 0 aliphatic heterocycles. The number of amides is 2. The number of hydrogen-bond acceptors (Lipinski definition) is 4. The van der Waals surface area contributed by atoms with Crippen LogP contribution in [0, 0.1) is 11.7 Å². The Morgan fingerprint density at radius 2 is 1.71 bits per heavy atom. The van der Waals surface area contributed by atoms with Crippen molar-refractivity contribution in [2.75, 3.05) is 17.2 Å². The number of carbonyl (C=O) groups is 2. The van der Waals surface area contributed by atoms with Gasteiger partial charge in [-0.25, -0.2) is 4.39 Å². The van der Waals surface area contributed by atoms with E-state index in [9.17, 15) is 14.0 Å². The molecule has 0 saturated heterocycles. The fourth-order valence-electron chi connectivity index (χ4n) is 2.88. The molecule has 0 unspecified atom stereocenters. The van der Waals surface area contributed by atoms with Gasteiger partial charge in [0.25, 0.3) is 11.8 Å². The van der Waals surface area contributed by atoms with E-state index in [0.717, 1.165) is 0 Å². The van der Waals surface area contributed by atoms with Crippen molar-refractivity contribution in [3.05, 3.63) is 88.7 Å². The van der Waals surface area contributed by atoms with Crippen molar-refractivity contribution in [2.45, 2.75) is 13.8 Å². The number of benzene rings is 3. The summed E-state index contributed by atoms with van der Waals surface area (Å²) in [5, 5.41) is 8.14. The highest BCUT2D eigenvalue weighted by Crippen LogP contribution is 2.21. The van der Waals surface area contributed by atoms with E-state index in [1.54, 1.807) is 48.5 Å². The lowest BCUT2D eigenvalue weighted by Crippen LogP contribution is -2.34. The van der Waals surface area contributed by atoms with Crippen LogP contribution in [0.2, 0.25) is 5.02 Å². The van der Waals surface area contributed by atoms with Gasteiger partial charge < -0.3 is 15.4 Å². The molecule has 0 aliphatic carbocycles. The lowest BCUT2D eigenvalue weighted by Gasteiger charge is -2.14. The highest BCUT2D eigenvalue weighted by atomic mass is 35.5. The molecule has 6 nitrogen and oxygen atoms in total. The average Bonchev–Trinajstić information content (AvgIpc) is 2.80. The summed E-state index contributed by atoms with van der Waals surface area (Å²) in [6.45, 7) is 4.52. The van der Waals surface area contributed by atoms with Crippen LogP contribution in [-0.2, 0) is 0 Å². The van der Waals surface area contributed by atoms with Crippen molar-refractivity contribution in [1.82, 2.24) is 5.32 Å². The first kappa shape index (κ1) is 25.1. The molecule has 0 radical (unpaired) electrons. The van der Waals surface area contributed by atoms with Crippen LogP contribution in [0.3, 0.4) is 0 Å². The van der Waals surface area contributed by atoms with E-state index in [1.165, 1.54) is 18.2 Å². The molecule has 0 atom stereocenters. The van der Waals surface area contributed by atoms with Crippen LogP contribution < -0.4 is 20.7 Å². The van der Waals surface area contributed by atoms with Crippen molar-refractivity contribution >= 4 is 52.1 Å². The minimum atomic E-state index is -0.574. The summed E-state index contributed by atoms with van der Waals surface area (Å²) in [5.74, 6) is -0.633. The predicted molar refractivity (Wildman–Crippen MR) is 136 cm³/mol. The summed E-state index contributed by atoms with van der Waals surface area (Å²) in [6, 6.07) is 17.3. The van der Waals surface area contributed by atoms with Crippen molar-refractivity contribution in [1.29, 1.82) is 0 Å². The molecule has 34 heavy (non-hydrogen) atoms. The van der Waals surface area contributed by atoms with E-state index < -0.39 is 17.6 Å². The first-order valence-corrected chi connectivity index (χ1v) is 11.2. The van der Waals surface area contributed by atoms with Gasteiger partial charge in [0, 0.05) is 16.9 Å². The van der Waals surface area contributed by atoms with Gasteiger partial charge in [0.15, 0.2) is 5.11 Å². The van der Waals surface area contributed by atoms with Gasteiger partial charge in [0.1, 0.15) is 11.6 Å². The van der Waals surface area contributed by atoms with Crippen LogP contribution >= 0.6 is 23.8 Å². The maximum Gasteiger partial charge on any atom is 0.261 e. The second-order valence-electron chi connectivity index (χ2n) is 7.77. The van der Waals surface area contributed by atoms with Gasteiger partial charge >= 0.3 is 0 Å². The van der Waals surface area contributed by atoms with Crippen LogP contribution in [0.15, 0.2) is 66.7 Å². The molecule has 0 heterocycles. The van der Waals surface area contributed by atoms with Gasteiger partial charge in [-0.2, -0.15) is 0 Å². The lowest BCUT2D eigenvalue weighted by atomic mass is 10.1. The Morgan fingerprint density at radius 1 is 0.971 bits per heavy atom. The SMILES string of the molecule is CC(C)COc1ccccc1C(=O)NC(=S)Nc1cccc(C(=O)Nc2ccc(F)c(Cl)c2)c1. The van der Waals surface area contributed by atoms with Crippen molar-refractivity contribution in [3.8, 4) is 5.75 Å². The molecule has 0 fully saturated rings. The number of ether oxygens (including phenoxy) is 1. The number of para-hydroxylation sites is 1. The number of rotatable bonds is 7. The van der Waals surface area contributed by atoms with Gasteiger partial charge in [-0.15, -0.1) is 0 Å². The van der Waals surface area contributed by atoms with Crippen LogP contribution in [0.4, 0.5) is 15.8 Å². The topological polar surface area (TPSA) is 79.5 Å². The number of hydrogen-bond donors (Lipinski definition) is 3. The first-order valence-electron chi connectivity index (χ1n) is 10.4. The molecular formula is C25H23ClFN3O3S. The smallest absolute Gasteiger partial charge is 0.261 e. The van der Waals surface area contributed by atoms with E-state index in [1.807, 2.05) is 13.8 Å². The fraction of sp³-hybridized carbons (Fsp3) is 0.160. The third-order valence-corrected chi connectivity index (χ3v) is 4.98. The maximum absolute atomic E-state index is 13.3. The molecule has 3 aromatic rings. The summed E-state index contributed by atoms with van der Waals surface area (Å²) in [7, 11) is 0. The summed E-state index contributed by atoms with van der Waals surface area (Å²) in [6.07, 6.45) is 0. The van der Waals surface area contributed by atoms with E-state index in [2.05, 4.69) is 16.0 Å². The zero-order valence-corrected chi connectivity index (χ0v) is 20.1. The molecule has 176 valence electrons. The molecule has 3 aromatic carbocycles. The Labute approximate surface area is 207 Å². The highest BCUT2D eigenvalue weighted by molar-refractivity contribution is 7.80. The molecule has 3 N–H and O–H groups in total. The summed E-state index contributed by atoms with van der Waals surface area (Å²) < 4.78 is 19.0. The number of thiocarbonyl (C=S) groups is 1. The summed E-state index contributed by atoms with van der Waals surface area (Å²) >= 11 is 11.0. The largest absolute Gasteiger partial charge is 0.492 e. The zero-order valence-electron chi connectivity index (χ0n) is 18.5. The fourth-order valence-corrected chi connectivity index (χ4v) is 3.28. The van der Waals surface area contributed by atoms with Gasteiger partial charge in [-0.05, 0) is 66.7 Å². The monoisotopic (exact) mass is 499 g/mol. The van der Waals surface area contributed by atoms with Crippen LogP contribution in [0.5, 0.6) is 5.75 Å². The molecule has 2 amide bonds. The number of halogens is 2. The number of anilines is 2. The van der Waals surface area contributed by atoms with Gasteiger partial charge in [-0.3, -0.25) is 14.9 Å².